The van der Waals surface area contributed by atoms with Crippen molar-refractivity contribution in [3.8, 4) is 5.75 Å². The van der Waals surface area contributed by atoms with Crippen LogP contribution in [0.1, 0.15) is 25.3 Å². The minimum atomic E-state index is -0.512. The lowest BCUT2D eigenvalue weighted by molar-refractivity contribution is -0.128. The Hall–Kier alpha value is -2.11. The van der Waals surface area contributed by atoms with Crippen molar-refractivity contribution in [2.24, 2.45) is 0 Å². The molecule has 20 heavy (non-hydrogen) atoms. The molecule has 0 bridgehead atoms. The number of rotatable bonds is 5. The molecule has 1 aliphatic heterocycles. The molecule has 1 unspecified atom stereocenters. The number of nitrogens with zero attached hydrogens (tertiary/aromatic N) is 1. The minimum Gasteiger partial charge on any atom is -0.494 e. The number of carbonyl (C=O) groups is 2. The smallest absolute Gasteiger partial charge is 0.325 e. The molecule has 1 heterocycles. The van der Waals surface area contributed by atoms with E-state index < -0.39 is 17.9 Å². The lowest BCUT2D eigenvalue weighted by atomic mass is 10.1. The van der Waals surface area contributed by atoms with Gasteiger partial charge in [-0.05, 0) is 24.1 Å². The molecule has 1 aliphatic rings. The molecule has 1 saturated heterocycles. The maximum Gasteiger partial charge on any atom is 0.325 e. The molecule has 0 saturated carbocycles. The second kappa shape index (κ2) is 5.90. The summed E-state index contributed by atoms with van der Waals surface area (Å²) < 4.78 is 18.4. The highest BCUT2D eigenvalue weighted by molar-refractivity contribution is 6.04. The molecule has 6 heteroatoms. The van der Waals surface area contributed by atoms with Gasteiger partial charge in [-0.3, -0.25) is 9.69 Å². The van der Waals surface area contributed by atoms with E-state index in [0.29, 0.717) is 12.0 Å². The van der Waals surface area contributed by atoms with Crippen LogP contribution < -0.4 is 10.1 Å². The predicted octanol–water partition coefficient (Wildman–Crippen LogP) is 2.05. The molecule has 108 valence electrons. The van der Waals surface area contributed by atoms with Gasteiger partial charge < -0.3 is 10.1 Å². The average molecular weight is 280 g/mol. The van der Waals surface area contributed by atoms with Crippen molar-refractivity contribution in [3.05, 3.63) is 29.6 Å². The van der Waals surface area contributed by atoms with Crippen molar-refractivity contribution in [2.45, 2.75) is 32.4 Å². The number of hydrogen-bond acceptors (Lipinski definition) is 3. The minimum absolute atomic E-state index is 0.0613. The van der Waals surface area contributed by atoms with E-state index in [9.17, 15) is 14.0 Å². The molecule has 2 rings (SSSR count). The van der Waals surface area contributed by atoms with Crippen LogP contribution >= 0.6 is 0 Å². The van der Waals surface area contributed by atoms with E-state index in [4.69, 9.17) is 4.74 Å². The first-order valence-corrected chi connectivity index (χ1v) is 6.51. The van der Waals surface area contributed by atoms with Crippen molar-refractivity contribution in [1.82, 2.24) is 10.2 Å². The highest BCUT2D eigenvalue weighted by atomic mass is 19.1. The van der Waals surface area contributed by atoms with Gasteiger partial charge in [0.2, 0.25) is 0 Å². The Labute approximate surface area is 116 Å². The normalized spacial score (nSPS) is 18.4. The zero-order chi connectivity index (χ0) is 14.7. The highest BCUT2D eigenvalue weighted by Crippen LogP contribution is 2.20. The van der Waals surface area contributed by atoms with Gasteiger partial charge in [-0.2, -0.15) is 0 Å². The van der Waals surface area contributed by atoms with Crippen LogP contribution in [0.4, 0.5) is 9.18 Å². The van der Waals surface area contributed by atoms with E-state index in [2.05, 4.69) is 5.32 Å². The number of imide groups is 1. The summed E-state index contributed by atoms with van der Waals surface area (Å²) in [5.41, 5.74) is 0.545. The number of methoxy groups -OCH3 is 1. The average Bonchev–Trinajstić information content (AvgIpc) is 2.67. The van der Waals surface area contributed by atoms with Crippen LogP contribution in [0.15, 0.2) is 18.2 Å². The molecule has 1 atom stereocenters. The first-order chi connectivity index (χ1) is 9.56. The third kappa shape index (κ3) is 2.74. The molecule has 0 spiro atoms. The van der Waals surface area contributed by atoms with E-state index >= 15 is 0 Å². The van der Waals surface area contributed by atoms with Gasteiger partial charge in [-0.1, -0.05) is 19.4 Å². The molecule has 1 N–H and O–H groups in total. The van der Waals surface area contributed by atoms with Gasteiger partial charge in [-0.25, -0.2) is 9.18 Å². The summed E-state index contributed by atoms with van der Waals surface area (Å²) in [5, 5.41) is 2.63. The van der Waals surface area contributed by atoms with Crippen LogP contribution in [0.5, 0.6) is 5.75 Å². The summed E-state index contributed by atoms with van der Waals surface area (Å²) >= 11 is 0. The number of urea groups is 1. The van der Waals surface area contributed by atoms with Crippen LogP contribution in [0, 0.1) is 5.82 Å². The van der Waals surface area contributed by atoms with Crippen LogP contribution in [0.25, 0.3) is 0 Å². The van der Waals surface area contributed by atoms with E-state index in [1.807, 2.05) is 6.92 Å². The van der Waals surface area contributed by atoms with Crippen LogP contribution in [-0.4, -0.2) is 30.0 Å². The van der Waals surface area contributed by atoms with Gasteiger partial charge in [0, 0.05) is 0 Å². The molecular formula is C14H17FN2O3. The van der Waals surface area contributed by atoms with Gasteiger partial charge in [0.25, 0.3) is 5.91 Å². The zero-order valence-corrected chi connectivity index (χ0v) is 11.5. The van der Waals surface area contributed by atoms with E-state index in [-0.39, 0.29) is 18.2 Å². The Morgan fingerprint density at radius 1 is 1.40 bits per heavy atom. The highest BCUT2D eigenvalue weighted by Gasteiger charge is 2.37. The van der Waals surface area contributed by atoms with Crippen molar-refractivity contribution in [2.75, 3.05) is 7.11 Å². The van der Waals surface area contributed by atoms with E-state index in [0.717, 1.165) is 11.3 Å². The van der Waals surface area contributed by atoms with Crippen LogP contribution in [-0.2, 0) is 11.3 Å². The maximum atomic E-state index is 13.6. The molecule has 0 radical (unpaired) electrons. The number of carbonyl (C=O) groups excluding carboxylic acids is 2. The second-order valence-corrected chi connectivity index (χ2v) is 4.68. The molecule has 3 amide bonds. The fourth-order valence-corrected chi connectivity index (χ4v) is 2.20. The van der Waals surface area contributed by atoms with Crippen molar-refractivity contribution in [3.63, 3.8) is 0 Å². The third-order valence-electron chi connectivity index (χ3n) is 3.24. The molecule has 1 aromatic carbocycles. The molecule has 5 nitrogen and oxygen atoms in total. The first-order valence-electron chi connectivity index (χ1n) is 6.51. The SMILES string of the molecule is CCCC1NC(=O)N(Cc2ccc(OC)c(F)c2)C1=O. The van der Waals surface area contributed by atoms with Crippen LogP contribution in [0.2, 0.25) is 0 Å². The Morgan fingerprint density at radius 2 is 2.15 bits per heavy atom. The summed E-state index contributed by atoms with van der Waals surface area (Å²) in [4.78, 5) is 24.9. The summed E-state index contributed by atoms with van der Waals surface area (Å²) in [6.07, 6.45) is 1.42. The van der Waals surface area contributed by atoms with Gasteiger partial charge in [-0.15, -0.1) is 0 Å². The summed E-state index contributed by atoms with van der Waals surface area (Å²) in [7, 11) is 1.38. The lowest BCUT2D eigenvalue weighted by Crippen LogP contribution is -2.31. The molecule has 1 aromatic rings. The number of benzene rings is 1. The van der Waals surface area contributed by atoms with Crippen LogP contribution in [0.3, 0.4) is 0 Å². The number of amides is 3. The van der Waals surface area contributed by atoms with Gasteiger partial charge in [0.15, 0.2) is 11.6 Å². The van der Waals surface area contributed by atoms with Crippen molar-refractivity contribution < 1.29 is 18.7 Å². The van der Waals surface area contributed by atoms with Gasteiger partial charge in [0.05, 0.1) is 13.7 Å². The number of halogens is 1. The number of ether oxygens (including phenoxy) is 1. The van der Waals surface area contributed by atoms with Crippen molar-refractivity contribution in [1.29, 1.82) is 0 Å². The van der Waals surface area contributed by atoms with Gasteiger partial charge in [0.1, 0.15) is 6.04 Å². The van der Waals surface area contributed by atoms with E-state index in [1.165, 1.54) is 19.2 Å². The fraction of sp³-hybridized carbons (Fsp3) is 0.429. The quantitative estimate of drug-likeness (QED) is 0.840. The lowest BCUT2D eigenvalue weighted by Gasteiger charge is -2.13. The fourth-order valence-electron chi connectivity index (χ4n) is 2.20. The topological polar surface area (TPSA) is 58.6 Å². The maximum absolute atomic E-state index is 13.6. The number of nitrogens with one attached hydrogen (secondary N) is 1. The Morgan fingerprint density at radius 3 is 2.75 bits per heavy atom. The molecule has 0 aliphatic carbocycles. The van der Waals surface area contributed by atoms with Gasteiger partial charge >= 0.3 is 6.03 Å². The van der Waals surface area contributed by atoms with E-state index in [1.54, 1.807) is 6.07 Å². The first kappa shape index (κ1) is 14.3. The molecule has 0 aromatic heterocycles. The number of hydrogen-bond donors (Lipinski definition) is 1. The largest absolute Gasteiger partial charge is 0.494 e. The standard InChI is InChI=1S/C14H17FN2O3/c1-3-4-11-13(18)17(14(19)16-11)8-9-5-6-12(20-2)10(15)7-9/h5-7,11H,3-4,8H2,1-2H3,(H,16,19). The Bertz CT molecular complexity index is 533. The Balaban J connectivity index is 2.11. The summed E-state index contributed by atoms with van der Waals surface area (Å²) in [5.74, 6) is -0.634. The monoisotopic (exact) mass is 280 g/mol. The second-order valence-electron chi connectivity index (χ2n) is 4.68. The summed E-state index contributed by atoms with van der Waals surface area (Å²) in [6.45, 7) is 2.01. The third-order valence-corrected chi connectivity index (χ3v) is 3.24. The molecular weight excluding hydrogens is 263 g/mol. The predicted molar refractivity (Wildman–Crippen MR) is 70.7 cm³/mol. The Kier molecular flexibility index (Phi) is 4.22. The molecule has 1 fully saturated rings. The summed E-state index contributed by atoms with van der Waals surface area (Å²) in [6, 6.07) is 3.50. The van der Waals surface area contributed by atoms with Crippen molar-refractivity contribution >= 4 is 11.9 Å². The zero-order valence-electron chi connectivity index (χ0n) is 11.5.